The highest BCUT2D eigenvalue weighted by atomic mass is 35.5. The van der Waals surface area contributed by atoms with Gasteiger partial charge in [-0.15, -0.1) is 0 Å². The van der Waals surface area contributed by atoms with Gasteiger partial charge in [-0.3, -0.25) is 14.3 Å². The van der Waals surface area contributed by atoms with Crippen molar-refractivity contribution < 1.29 is 9.84 Å². The Morgan fingerprint density at radius 3 is 2.85 bits per heavy atom. The zero-order valence-corrected chi connectivity index (χ0v) is 19.4. The van der Waals surface area contributed by atoms with Crippen molar-refractivity contribution in [3.8, 4) is 22.4 Å². The first-order valence-corrected chi connectivity index (χ1v) is 11.5. The minimum Gasteiger partial charge on any atom is -0.390 e. The molecule has 4 aromatic rings. The lowest BCUT2D eigenvalue weighted by Crippen LogP contribution is -2.42. The Hall–Kier alpha value is -3.17. The molecular formula is C25H24ClN5O3. The normalized spacial score (nSPS) is 16.1. The van der Waals surface area contributed by atoms with Crippen molar-refractivity contribution >= 4 is 22.6 Å². The van der Waals surface area contributed by atoms with Gasteiger partial charge in [-0.25, -0.2) is 9.97 Å². The van der Waals surface area contributed by atoms with E-state index in [0.717, 1.165) is 17.5 Å². The molecule has 0 aliphatic carbocycles. The predicted octanol–water partition coefficient (Wildman–Crippen LogP) is 2.96. The third-order valence-electron chi connectivity index (χ3n) is 5.86. The van der Waals surface area contributed by atoms with Crippen molar-refractivity contribution in [3.05, 3.63) is 75.6 Å². The minimum atomic E-state index is -0.185. The Balaban J connectivity index is 1.61. The summed E-state index contributed by atoms with van der Waals surface area (Å²) in [6.45, 7) is 4.10. The number of fused-ring (bicyclic) bond motifs is 1. The van der Waals surface area contributed by atoms with Crippen molar-refractivity contribution in [2.75, 3.05) is 19.7 Å². The second-order valence-electron chi connectivity index (χ2n) is 8.23. The monoisotopic (exact) mass is 477 g/mol. The molecule has 1 aromatic carbocycles. The number of aryl methyl sites for hydroxylation is 1. The van der Waals surface area contributed by atoms with E-state index in [-0.39, 0.29) is 18.3 Å². The van der Waals surface area contributed by atoms with Crippen molar-refractivity contribution in [2.45, 2.75) is 26.2 Å². The van der Waals surface area contributed by atoms with Gasteiger partial charge in [0.1, 0.15) is 11.5 Å². The molecule has 34 heavy (non-hydrogen) atoms. The summed E-state index contributed by atoms with van der Waals surface area (Å²) < 4.78 is 7.51. The van der Waals surface area contributed by atoms with Crippen LogP contribution in [0.15, 0.2) is 53.5 Å². The van der Waals surface area contributed by atoms with Gasteiger partial charge in [0.25, 0.3) is 5.56 Å². The van der Waals surface area contributed by atoms with E-state index >= 15 is 0 Å². The molecule has 1 fully saturated rings. The number of halogens is 1. The molecule has 1 atom stereocenters. The van der Waals surface area contributed by atoms with Crippen LogP contribution in [-0.4, -0.2) is 50.4 Å². The van der Waals surface area contributed by atoms with Crippen molar-refractivity contribution in [1.29, 1.82) is 0 Å². The minimum absolute atomic E-state index is 0.136. The molecule has 174 valence electrons. The van der Waals surface area contributed by atoms with Gasteiger partial charge >= 0.3 is 0 Å². The molecule has 3 aromatic heterocycles. The maximum Gasteiger partial charge on any atom is 0.260 e. The fourth-order valence-corrected chi connectivity index (χ4v) is 4.45. The molecule has 5 rings (SSSR count). The van der Waals surface area contributed by atoms with Crippen LogP contribution in [0.3, 0.4) is 0 Å². The van der Waals surface area contributed by atoms with Crippen molar-refractivity contribution in [2.24, 2.45) is 0 Å². The molecule has 1 aliphatic rings. The Labute approximate surface area is 201 Å². The van der Waals surface area contributed by atoms with E-state index in [1.54, 1.807) is 35.9 Å². The van der Waals surface area contributed by atoms with Crippen LogP contribution >= 0.6 is 11.6 Å². The summed E-state index contributed by atoms with van der Waals surface area (Å²) in [5.41, 5.74) is 3.55. The number of aliphatic hydroxyl groups is 1. The molecule has 0 amide bonds. The van der Waals surface area contributed by atoms with Crippen LogP contribution in [0.25, 0.3) is 33.4 Å². The lowest BCUT2D eigenvalue weighted by Gasteiger charge is -2.25. The highest BCUT2D eigenvalue weighted by Gasteiger charge is 2.20. The second-order valence-corrected chi connectivity index (χ2v) is 8.64. The van der Waals surface area contributed by atoms with Crippen LogP contribution in [-0.2, 0) is 17.9 Å². The van der Waals surface area contributed by atoms with Crippen LogP contribution in [0.2, 0.25) is 5.02 Å². The van der Waals surface area contributed by atoms with Crippen LogP contribution in [0, 0.1) is 6.92 Å². The first kappa shape index (κ1) is 22.6. The molecule has 0 saturated carbocycles. The Kier molecular flexibility index (Phi) is 6.38. The molecule has 1 aliphatic heterocycles. The largest absolute Gasteiger partial charge is 0.390 e. The van der Waals surface area contributed by atoms with Crippen molar-refractivity contribution in [3.63, 3.8) is 0 Å². The maximum absolute atomic E-state index is 13.7. The number of aromatic nitrogens is 4. The third kappa shape index (κ3) is 4.45. The third-order valence-corrected chi connectivity index (χ3v) is 6.17. The van der Waals surface area contributed by atoms with Gasteiger partial charge in [0.2, 0.25) is 0 Å². The lowest BCUT2D eigenvalue weighted by atomic mass is 10.0. The number of hydrogen-bond donors (Lipinski definition) is 2. The van der Waals surface area contributed by atoms with Gasteiger partial charge in [-0.1, -0.05) is 29.8 Å². The molecule has 0 radical (unpaired) electrons. The molecular weight excluding hydrogens is 454 g/mol. The van der Waals surface area contributed by atoms with Crippen molar-refractivity contribution in [1.82, 2.24) is 24.8 Å². The van der Waals surface area contributed by atoms with E-state index < -0.39 is 0 Å². The Bertz CT molecular complexity index is 1420. The summed E-state index contributed by atoms with van der Waals surface area (Å²) in [4.78, 5) is 27.0. The van der Waals surface area contributed by atoms with Gasteiger partial charge in [0.05, 0.1) is 37.3 Å². The topological polar surface area (TPSA) is 102 Å². The SMILES string of the molecule is Cc1ncc2cc(-c3ccc(-c4cccc(CO)n4)cc3Cl)c(=O)n(C[C@@H]3CNCCO3)c2n1. The first-order valence-electron chi connectivity index (χ1n) is 11.1. The molecule has 8 nitrogen and oxygen atoms in total. The zero-order chi connectivity index (χ0) is 23.7. The van der Waals surface area contributed by atoms with Gasteiger partial charge in [0, 0.05) is 46.4 Å². The molecule has 0 bridgehead atoms. The number of pyridine rings is 2. The summed E-state index contributed by atoms with van der Waals surface area (Å²) in [6.07, 6.45) is 1.59. The quantitative estimate of drug-likeness (QED) is 0.455. The number of benzene rings is 1. The molecule has 9 heteroatoms. The van der Waals surface area contributed by atoms with Crippen LogP contribution in [0.4, 0.5) is 0 Å². The fraction of sp³-hybridized carbons (Fsp3) is 0.280. The van der Waals surface area contributed by atoms with Gasteiger partial charge in [-0.2, -0.15) is 0 Å². The molecule has 0 spiro atoms. The number of aliphatic hydroxyl groups excluding tert-OH is 1. The summed E-state index contributed by atoms with van der Waals surface area (Å²) in [7, 11) is 0. The number of nitrogens with one attached hydrogen (secondary N) is 1. The van der Waals surface area contributed by atoms with E-state index in [0.29, 0.717) is 58.7 Å². The highest BCUT2D eigenvalue weighted by molar-refractivity contribution is 6.33. The van der Waals surface area contributed by atoms with Crippen LogP contribution in [0.5, 0.6) is 0 Å². The Morgan fingerprint density at radius 1 is 1.21 bits per heavy atom. The average Bonchev–Trinajstić information content (AvgIpc) is 2.86. The van der Waals surface area contributed by atoms with E-state index in [9.17, 15) is 9.90 Å². The summed E-state index contributed by atoms with van der Waals surface area (Å²) in [6, 6.07) is 12.7. The molecule has 4 heterocycles. The molecule has 0 unspecified atom stereocenters. The number of rotatable bonds is 5. The van der Waals surface area contributed by atoms with Crippen LogP contribution in [0.1, 0.15) is 11.5 Å². The Morgan fingerprint density at radius 2 is 2.09 bits per heavy atom. The van der Waals surface area contributed by atoms with Gasteiger partial charge < -0.3 is 15.2 Å². The predicted molar refractivity (Wildman–Crippen MR) is 131 cm³/mol. The van der Waals surface area contributed by atoms with E-state index in [2.05, 4.69) is 20.3 Å². The van der Waals surface area contributed by atoms with E-state index in [1.807, 2.05) is 24.3 Å². The maximum atomic E-state index is 13.7. The standard InChI is InChI=1S/C25H24ClN5O3/c1-15-28-11-17-9-21(25(33)31(24(17)29-15)13-19-12-27-7-8-34-19)20-6-5-16(10-22(20)26)23-4-2-3-18(14-32)30-23/h2-6,9-11,19,27,32H,7-8,12-14H2,1H3/t19-/m0/s1. The lowest BCUT2D eigenvalue weighted by molar-refractivity contribution is 0.0183. The number of morpholine rings is 1. The fourth-order valence-electron chi connectivity index (χ4n) is 4.17. The summed E-state index contributed by atoms with van der Waals surface area (Å²) >= 11 is 6.69. The number of ether oxygens (including phenoxy) is 1. The smallest absolute Gasteiger partial charge is 0.260 e. The van der Waals surface area contributed by atoms with Crippen LogP contribution < -0.4 is 10.9 Å². The van der Waals surface area contributed by atoms with E-state index in [1.165, 1.54) is 0 Å². The zero-order valence-electron chi connectivity index (χ0n) is 18.7. The second kappa shape index (κ2) is 9.60. The number of nitrogens with zero attached hydrogens (tertiary/aromatic N) is 4. The highest BCUT2D eigenvalue weighted by Crippen LogP contribution is 2.31. The number of hydrogen-bond acceptors (Lipinski definition) is 7. The summed E-state index contributed by atoms with van der Waals surface area (Å²) in [5, 5.41) is 13.9. The van der Waals surface area contributed by atoms with E-state index in [4.69, 9.17) is 16.3 Å². The average molecular weight is 478 g/mol. The van der Waals surface area contributed by atoms with Gasteiger partial charge in [-0.05, 0) is 31.2 Å². The summed E-state index contributed by atoms with van der Waals surface area (Å²) in [5.74, 6) is 0.594. The molecule has 2 N–H and O–H groups in total. The van der Waals surface area contributed by atoms with Gasteiger partial charge in [0.15, 0.2) is 0 Å². The molecule has 1 saturated heterocycles. The first-order chi connectivity index (χ1) is 16.5.